The van der Waals surface area contributed by atoms with Gasteiger partial charge in [0.05, 0.1) is 6.61 Å². The third-order valence-corrected chi connectivity index (χ3v) is 4.61. The van der Waals surface area contributed by atoms with Crippen molar-refractivity contribution in [2.24, 2.45) is 0 Å². The van der Waals surface area contributed by atoms with E-state index in [-0.39, 0.29) is 6.09 Å². The van der Waals surface area contributed by atoms with E-state index >= 15 is 0 Å². The van der Waals surface area contributed by atoms with E-state index in [0.29, 0.717) is 25.2 Å². The Morgan fingerprint density at radius 1 is 1.41 bits per heavy atom. The smallest absolute Gasteiger partial charge is 0.407 e. The predicted molar refractivity (Wildman–Crippen MR) is 92.6 cm³/mol. The van der Waals surface area contributed by atoms with Gasteiger partial charge in [0.15, 0.2) is 0 Å². The van der Waals surface area contributed by atoms with Crippen molar-refractivity contribution in [1.82, 2.24) is 10.6 Å². The lowest BCUT2D eigenvalue weighted by atomic mass is 10.1. The SMILES string of the molecule is COCC(CCCNC(=O)OC(C)(C)C)NC1CCCSC1. The van der Waals surface area contributed by atoms with Crippen LogP contribution in [0.25, 0.3) is 0 Å². The summed E-state index contributed by atoms with van der Waals surface area (Å²) in [5, 5.41) is 6.50. The standard InChI is InChI=1S/C16H32N2O3S/c1-16(2,3)21-15(19)17-9-5-7-13(11-20-4)18-14-8-6-10-22-12-14/h13-14,18H,5-12H2,1-4H3,(H,17,19). The molecular weight excluding hydrogens is 300 g/mol. The maximum atomic E-state index is 11.6. The van der Waals surface area contributed by atoms with Crippen molar-refractivity contribution >= 4 is 17.9 Å². The number of carbonyl (C=O) groups is 1. The maximum absolute atomic E-state index is 11.6. The number of amides is 1. The number of thioether (sulfide) groups is 1. The lowest BCUT2D eigenvalue weighted by molar-refractivity contribution is 0.0526. The molecule has 22 heavy (non-hydrogen) atoms. The molecule has 0 aromatic heterocycles. The highest BCUT2D eigenvalue weighted by Crippen LogP contribution is 2.18. The minimum Gasteiger partial charge on any atom is -0.444 e. The molecule has 0 spiro atoms. The Kier molecular flexibility index (Phi) is 9.21. The summed E-state index contributed by atoms with van der Waals surface area (Å²) in [6, 6.07) is 0.951. The van der Waals surface area contributed by atoms with Crippen molar-refractivity contribution in [2.75, 3.05) is 31.8 Å². The van der Waals surface area contributed by atoms with Crippen LogP contribution in [0.5, 0.6) is 0 Å². The average Bonchev–Trinajstić information content (AvgIpc) is 2.43. The molecule has 130 valence electrons. The van der Waals surface area contributed by atoms with Crippen molar-refractivity contribution in [2.45, 2.75) is 64.1 Å². The first-order chi connectivity index (χ1) is 10.4. The van der Waals surface area contributed by atoms with Gasteiger partial charge in [-0.15, -0.1) is 0 Å². The first-order valence-electron chi connectivity index (χ1n) is 8.20. The molecule has 0 aliphatic carbocycles. The number of methoxy groups -OCH3 is 1. The van der Waals surface area contributed by atoms with Gasteiger partial charge in [0, 0.05) is 31.5 Å². The average molecular weight is 333 g/mol. The Hall–Kier alpha value is -0.460. The fourth-order valence-corrected chi connectivity index (χ4v) is 3.56. The molecule has 1 rings (SSSR count). The molecule has 2 N–H and O–H groups in total. The summed E-state index contributed by atoms with van der Waals surface area (Å²) in [6.45, 7) is 6.96. The van der Waals surface area contributed by atoms with Gasteiger partial charge in [-0.3, -0.25) is 0 Å². The highest BCUT2D eigenvalue weighted by Gasteiger charge is 2.19. The Labute approximate surface area is 139 Å². The van der Waals surface area contributed by atoms with Crippen molar-refractivity contribution in [3.8, 4) is 0 Å². The number of hydrogen-bond donors (Lipinski definition) is 2. The molecule has 1 heterocycles. The van der Waals surface area contributed by atoms with Gasteiger partial charge in [-0.25, -0.2) is 4.79 Å². The summed E-state index contributed by atoms with van der Waals surface area (Å²) in [4.78, 5) is 11.6. The van der Waals surface area contributed by atoms with E-state index in [0.717, 1.165) is 12.8 Å². The Morgan fingerprint density at radius 3 is 2.77 bits per heavy atom. The summed E-state index contributed by atoms with van der Waals surface area (Å²) in [7, 11) is 1.74. The fraction of sp³-hybridized carbons (Fsp3) is 0.938. The van der Waals surface area contributed by atoms with E-state index in [2.05, 4.69) is 10.6 Å². The molecule has 0 aromatic carbocycles. The van der Waals surface area contributed by atoms with Crippen LogP contribution >= 0.6 is 11.8 Å². The summed E-state index contributed by atoms with van der Waals surface area (Å²) >= 11 is 2.02. The molecule has 0 aromatic rings. The molecule has 1 saturated heterocycles. The lowest BCUT2D eigenvalue weighted by Crippen LogP contribution is -2.44. The van der Waals surface area contributed by atoms with E-state index in [4.69, 9.17) is 9.47 Å². The van der Waals surface area contributed by atoms with E-state index in [1.807, 2.05) is 32.5 Å². The van der Waals surface area contributed by atoms with Crippen LogP contribution in [0.4, 0.5) is 4.79 Å². The second-order valence-electron chi connectivity index (χ2n) is 6.80. The summed E-state index contributed by atoms with van der Waals surface area (Å²) < 4.78 is 10.5. The third-order valence-electron chi connectivity index (χ3n) is 3.40. The molecule has 6 heteroatoms. The number of hydrogen-bond acceptors (Lipinski definition) is 5. The summed E-state index contributed by atoms with van der Waals surface area (Å²) in [5.74, 6) is 2.48. The molecular formula is C16H32N2O3S. The van der Waals surface area contributed by atoms with Gasteiger partial charge in [0.1, 0.15) is 5.60 Å². The number of nitrogens with one attached hydrogen (secondary N) is 2. The van der Waals surface area contributed by atoms with E-state index in [1.165, 1.54) is 24.3 Å². The molecule has 1 amide bonds. The number of alkyl carbamates (subject to hydrolysis) is 1. The second-order valence-corrected chi connectivity index (χ2v) is 7.95. The minimum absolute atomic E-state index is 0.340. The van der Waals surface area contributed by atoms with Crippen molar-refractivity contribution < 1.29 is 14.3 Å². The highest BCUT2D eigenvalue weighted by molar-refractivity contribution is 7.99. The zero-order valence-corrected chi connectivity index (χ0v) is 15.3. The van der Waals surface area contributed by atoms with Gasteiger partial charge < -0.3 is 20.1 Å². The second kappa shape index (κ2) is 10.3. The molecule has 0 saturated carbocycles. The zero-order valence-electron chi connectivity index (χ0n) is 14.4. The van der Waals surface area contributed by atoms with E-state index < -0.39 is 5.60 Å². The summed E-state index contributed by atoms with van der Waals surface area (Å²) in [5.41, 5.74) is -0.442. The highest BCUT2D eigenvalue weighted by atomic mass is 32.2. The molecule has 1 aliphatic heterocycles. The topological polar surface area (TPSA) is 59.6 Å². The van der Waals surface area contributed by atoms with Gasteiger partial charge in [-0.1, -0.05) is 0 Å². The van der Waals surface area contributed by atoms with Crippen molar-refractivity contribution in [1.29, 1.82) is 0 Å². The van der Waals surface area contributed by atoms with Crippen LogP contribution < -0.4 is 10.6 Å². The van der Waals surface area contributed by atoms with Gasteiger partial charge in [0.2, 0.25) is 0 Å². The summed E-state index contributed by atoms with van der Waals surface area (Å²) in [6.07, 6.45) is 4.11. The third kappa shape index (κ3) is 9.54. The van der Waals surface area contributed by atoms with Crippen LogP contribution in [-0.2, 0) is 9.47 Å². The molecule has 5 nitrogen and oxygen atoms in total. The van der Waals surface area contributed by atoms with E-state index in [9.17, 15) is 4.79 Å². The number of ether oxygens (including phenoxy) is 2. The normalized spacial score (nSPS) is 20.5. The Bertz CT molecular complexity index is 315. The van der Waals surface area contributed by atoms with Crippen LogP contribution in [-0.4, -0.2) is 55.5 Å². The van der Waals surface area contributed by atoms with Gasteiger partial charge in [-0.05, 0) is 52.2 Å². The molecule has 0 bridgehead atoms. The van der Waals surface area contributed by atoms with Crippen LogP contribution in [0.15, 0.2) is 0 Å². The van der Waals surface area contributed by atoms with Crippen LogP contribution in [0, 0.1) is 0 Å². The quantitative estimate of drug-likeness (QED) is 0.669. The molecule has 1 aliphatic rings. The lowest BCUT2D eigenvalue weighted by Gasteiger charge is -2.28. The number of carbonyl (C=O) groups excluding carboxylic acids is 1. The van der Waals surface area contributed by atoms with Gasteiger partial charge >= 0.3 is 6.09 Å². The van der Waals surface area contributed by atoms with Gasteiger partial charge in [0.25, 0.3) is 0 Å². The first-order valence-corrected chi connectivity index (χ1v) is 9.36. The monoisotopic (exact) mass is 332 g/mol. The van der Waals surface area contributed by atoms with Crippen LogP contribution in [0.2, 0.25) is 0 Å². The van der Waals surface area contributed by atoms with E-state index in [1.54, 1.807) is 7.11 Å². The van der Waals surface area contributed by atoms with Gasteiger partial charge in [-0.2, -0.15) is 11.8 Å². The number of rotatable bonds is 8. The van der Waals surface area contributed by atoms with Crippen molar-refractivity contribution in [3.05, 3.63) is 0 Å². The van der Waals surface area contributed by atoms with Crippen LogP contribution in [0.1, 0.15) is 46.5 Å². The molecule has 2 unspecified atom stereocenters. The minimum atomic E-state index is -0.442. The zero-order chi connectivity index (χ0) is 16.4. The Balaban J connectivity index is 2.19. The Morgan fingerprint density at radius 2 is 2.18 bits per heavy atom. The molecule has 0 radical (unpaired) electrons. The molecule has 2 atom stereocenters. The van der Waals surface area contributed by atoms with Crippen LogP contribution in [0.3, 0.4) is 0 Å². The first kappa shape index (κ1) is 19.6. The maximum Gasteiger partial charge on any atom is 0.407 e. The predicted octanol–water partition coefficient (Wildman–Crippen LogP) is 2.79. The largest absolute Gasteiger partial charge is 0.444 e. The fourth-order valence-electron chi connectivity index (χ4n) is 2.47. The van der Waals surface area contributed by atoms with Crippen molar-refractivity contribution in [3.63, 3.8) is 0 Å². The molecule has 1 fully saturated rings.